The van der Waals surface area contributed by atoms with Crippen molar-refractivity contribution in [3.8, 4) is 6.07 Å². The highest BCUT2D eigenvalue weighted by atomic mass is 16.2. The summed E-state index contributed by atoms with van der Waals surface area (Å²) >= 11 is 0. The summed E-state index contributed by atoms with van der Waals surface area (Å²) in [6.45, 7) is 0. The Labute approximate surface area is 106 Å². The maximum atomic E-state index is 11.9. The number of amides is 2. The maximum absolute atomic E-state index is 11.9. The summed E-state index contributed by atoms with van der Waals surface area (Å²) in [7, 11) is 0. The van der Waals surface area contributed by atoms with Crippen molar-refractivity contribution in [2.24, 2.45) is 0 Å². The van der Waals surface area contributed by atoms with Crippen LogP contribution in [-0.2, 0) is 16.0 Å². The number of rotatable bonds is 2. The zero-order valence-corrected chi connectivity index (χ0v) is 10.1. The average Bonchev–Trinajstić information content (AvgIpc) is 2.53. The first-order valence-corrected chi connectivity index (χ1v) is 6.04. The number of anilines is 1. The molecule has 0 aromatic heterocycles. The lowest BCUT2D eigenvalue weighted by molar-refractivity contribution is -0.125. The molecule has 1 aromatic carbocycles. The predicted octanol–water partition coefficient (Wildman–Crippen LogP) is 2.19. The molecule has 0 radical (unpaired) electrons. The molecule has 0 spiro atoms. The van der Waals surface area contributed by atoms with Crippen LogP contribution < -0.4 is 4.90 Å². The van der Waals surface area contributed by atoms with E-state index >= 15 is 0 Å². The van der Waals surface area contributed by atoms with E-state index in [0.29, 0.717) is 24.9 Å². The molecule has 0 unspecified atom stereocenters. The first kappa shape index (κ1) is 12.3. The fraction of sp³-hybridized carbons (Fsp3) is 0.357. The number of nitrogens with zero attached hydrogens (tertiary/aromatic N) is 2. The number of hydrogen-bond acceptors (Lipinski definition) is 3. The van der Waals surface area contributed by atoms with Gasteiger partial charge in [-0.3, -0.25) is 14.5 Å². The molecule has 1 aliphatic rings. The van der Waals surface area contributed by atoms with Gasteiger partial charge in [0.2, 0.25) is 11.8 Å². The average molecular weight is 242 g/mol. The van der Waals surface area contributed by atoms with E-state index < -0.39 is 0 Å². The van der Waals surface area contributed by atoms with Crippen LogP contribution in [0.5, 0.6) is 0 Å². The number of carbonyl (C=O) groups excluding carboxylic acids is 2. The fourth-order valence-corrected chi connectivity index (χ4v) is 2.06. The van der Waals surface area contributed by atoms with Crippen LogP contribution in [0.3, 0.4) is 0 Å². The number of benzene rings is 1. The maximum Gasteiger partial charge on any atom is 0.233 e. The molecule has 1 aromatic rings. The lowest BCUT2D eigenvalue weighted by Crippen LogP contribution is -2.35. The SMILES string of the molecule is N#CCc1ccc(N2C(=O)CCCCC2=O)cc1. The molecule has 1 saturated heterocycles. The van der Waals surface area contributed by atoms with Crippen molar-refractivity contribution < 1.29 is 9.59 Å². The van der Waals surface area contributed by atoms with Crippen molar-refractivity contribution in [3.63, 3.8) is 0 Å². The van der Waals surface area contributed by atoms with Crippen LogP contribution in [0, 0.1) is 11.3 Å². The summed E-state index contributed by atoms with van der Waals surface area (Å²) in [5.74, 6) is -0.268. The van der Waals surface area contributed by atoms with Crippen LogP contribution in [0.2, 0.25) is 0 Å². The van der Waals surface area contributed by atoms with E-state index in [4.69, 9.17) is 5.26 Å². The Bertz CT molecular complexity index is 482. The number of imide groups is 1. The standard InChI is InChI=1S/C14H14N2O2/c15-10-9-11-5-7-12(8-6-11)16-13(17)3-1-2-4-14(16)18/h5-8H,1-4,9H2. The summed E-state index contributed by atoms with van der Waals surface area (Å²) in [6, 6.07) is 9.09. The Balaban J connectivity index is 2.25. The third kappa shape index (κ3) is 2.57. The summed E-state index contributed by atoms with van der Waals surface area (Å²) in [5, 5.41) is 8.59. The molecule has 0 aliphatic carbocycles. The molecule has 4 heteroatoms. The molecule has 18 heavy (non-hydrogen) atoms. The third-order valence-corrected chi connectivity index (χ3v) is 3.01. The summed E-state index contributed by atoms with van der Waals surface area (Å²) in [4.78, 5) is 25.0. The van der Waals surface area contributed by atoms with Crippen LogP contribution in [0.1, 0.15) is 31.2 Å². The number of carbonyl (C=O) groups is 2. The highest BCUT2D eigenvalue weighted by Gasteiger charge is 2.25. The van der Waals surface area contributed by atoms with Crippen LogP contribution >= 0.6 is 0 Å². The second kappa shape index (κ2) is 5.46. The Kier molecular flexibility index (Phi) is 3.73. The van der Waals surface area contributed by atoms with Gasteiger partial charge >= 0.3 is 0 Å². The molecular formula is C14H14N2O2. The molecule has 1 fully saturated rings. The van der Waals surface area contributed by atoms with Gasteiger partial charge in [-0.05, 0) is 30.5 Å². The molecule has 0 atom stereocenters. The van der Waals surface area contributed by atoms with Crippen molar-refractivity contribution in [2.75, 3.05) is 4.90 Å². The quantitative estimate of drug-likeness (QED) is 0.747. The van der Waals surface area contributed by atoms with E-state index in [-0.39, 0.29) is 11.8 Å². The summed E-state index contributed by atoms with van der Waals surface area (Å²) in [6.07, 6.45) is 2.72. The lowest BCUT2D eigenvalue weighted by atomic mass is 10.1. The van der Waals surface area contributed by atoms with Crippen LogP contribution in [0.15, 0.2) is 24.3 Å². The van der Waals surface area contributed by atoms with E-state index in [1.54, 1.807) is 24.3 Å². The monoisotopic (exact) mass is 242 g/mol. The van der Waals surface area contributed by atoms with Gasteiger partial charge in [0.05, 0.1) is 18.2 Å². The first-order valence-electron chi connectivity index (χ1n) is 6.04. The highest BCUT2D eigenvalue weighted by molar-refractivity contribution is 6.15. The first-order chi connectivity index (χ1) is 8.72. The Hall–Kier alpha value is -2.15. The second-order valence-corrected chi connectivity index (χ2v) is 4.33. The molecule has 1 heterocycles. The van der Waals surface area contributed by atoms with Gasteiger partial charge in [0.15, 0.2) is 0 Å². The molecule has 92 valence electrons. The fourth-order valence-electron chi connectivity index (χ4n) is 2.06. The molecule has 0 saturated carbocycles. The minimum Gasteiger partial charge on any atom is -0.274 e. The van der Waals surface area contributed by atoms with Crippen molar-refractivity contribution in [1.82, 2.24) is 0 Å². The highest BCUT2D eigenvalue weighted by Crippen LogP contribution is 2.22. The van der Waals surface area contributed by atoms with Gasteiger partial charge in [0.1, 0.15) is 0 Å². The van der Waals surface area contributed by atoms with Crippen molar-refractivity contribution in [3.05, 3.63) is 29.8 Å². The van der Waals surface area contributed by atoms with Crippen molar-refractivity contribution in [2.45, 2.75) is 32.1 Å². The van der Waals surface area contributed by atoms with E-state index in [2.05, 4.69) is 6.07 Å². The molecule has 0 bridgehead atoms. The molecule has 2 rings (SSSR count). The van der Waals surface area contributed by atoms with Crippen LogP contribution in [0.4, 0.5) is 5.69 Å². The minimum atomic E-state index is -0.134. The van der Waals surface area contributed by atoms with Gasteiger partial charge in [-0.25, -0.2) is 0 Å². The Morgan fingerprint density at radius 2 is 1.61 bits per heavy atom. The van der Waals surface area contributed by atoms with Crippen molar-refractivity contribution >= 4 is 17.5 Å². The largest absolute Gasteiger partial charge is 0.274 e. The summed E-state index contributed by atoms with van der Waals surface area (Å²) < 4.78 is 0. The van der Waals surface area contributed by atoms with Gasteiger partial charge in [-0.2, -0.15) is 5.26 Å². The van der Waals surface area contributed by atoms with Gasteiger partial charge in [0, 0.05) is 12.8 Å². The van der Waals surface area contributed by atoms with E-state index in [1.165, 1.54) is 4.90 Å². The Morgan fingerprint density at radius 3 is 2.11 bits per heavy atom. The summed E-state index contributed by atoms with van der Waals surface area (Å²) in [5.41, 5.74) is 1.49. The van der Waals surface area contributed by atoms with E-state index in [1.807, 2.05) is 0 Å². The minimum absolute atomic E-state index is 0.134. The van der Waals surface area contributed by atoms with E-state index in [9.17, 15) is 9.59 Å². The molecule has 4 nitrogen and oxygen atoms in total. The predicted molar refractivity (Wildman–Crippen MR) is 66.7 cm³/mol. The number of nitriles is 1. The zero-order valence-electron chi connectivity index (χ0n) is 10.1. The number of hydrogen-bond donors (Lipinski definition) is 0. The Morgan fingerprint density at radius 1 is 1.06 bits per heavy atom. The molecular weight excluding hydrogens is 228 g/mol. The van der Waals surface area contributed by atoms with Gasteiger partial charge < -0.3 is 0 Å². The van der Waals surface area contributed by atoms with Crippen LogP contribution in [-0.4, -0.2) is 11.8 Å². The van der Waals surface area contributed by atoms with Crippen LogP contribution in [0.25, 0.3) is 0 Å². The van der Waals surface area contributed by atoms with Gasteiger partial charge in [-0.1, -0.05) is 12.1 Å². The van der Waals surface area contributed by atoms with Crippen molar-refractivity contribution in [1.29, 1.82) is 5.26 Å². The second-order valence-electron chi connectivity index (χ2n) is 4.33. The van der Waals surface area contributed by atoms with Gasteiger partial charge in [-0.15, -0.1) is 0 Å². The normalized spacial score (nSPS) is 16.3. The molecule has 0 N–H and O–H groups in total. The third-order valence-electron chi connectivity index (χ3n) is 3.01. The van der Waals surface area contributed by atoms with E-state index in [0.717, 1.165) is 18.4 Å². The molecule has 2 amide bonds. The topological polar surface area (TPSA) is 61.2 Å². The zero-order chi connectivity index (χ0) is 13.0. The lowest BCUT2D eigenvalue weighted by Gasteiger charge is -2.18. The van der Waals surface area contributed by atoms with Gasteiger partial charge in [0.25, 0.3) is 0 Å². The smallest absolute Gasteiger partial charge is 0.233 e. The molecule has 1 aliphatic heterocycles.